The molecule has 0 bridgehead atoms. The van der Waals surface area contributed by atoms with Crippen LogP contribution in [0.2, 0.25) is 5.02 Å². The van der Waals surface area contributed by atoms with Crippen molar-refractivity contribution in [1.29, 1.82) is 5.26 Å². The number of aromatic nitrogens is 2. The predicted octanol–water partition coefficient (Wildman–Crippen LogP) is 5.35. The van der Waals surface area contributed by atoms with Crippen LogP contribution in [-0.4, -0.2) is 67.0 Å². The molecule has 0 spiro atoms. The number of hydrogen-bond donors (Lipinski definition) is 1. The molecule has 2 aliphatic heterocycles. The second-order valence-electron chi connectivity index (χ2n) is 10.8. The van der Waals surface area contributed by atoms with Gasteiger partial charge in [-0.3, -0.25) is 9.88 Å². The molecular weight excluding hydrogens is 486 g/mol. The van der Waals surface area contributed by atoms with Crippen molar-refractivity contribution in [1.82, 2.24) is 14.9 Å². The Bertz CT molecular complexity index is 1070. The van der Waals surface area contributed by atoms with Gasteiger partial charge in [-0.25, -0.2) is 4.98 Å². The van der Waals surface area contributed by atoms with Crippen LogP contribution >= 0.6 is 11.6 Å². The molecule has 1 aliphatic carbocycles. The number of pyridine rings is 2. The standard InChI is InChI=1S/C29H38ClN5O2/c30-26-19-32-23(17-22-5-7-24(8-6-22)35-11-2-13-36-16-12-35)18-25(26)27-3-1-4-28(34-27)33-21-29(20-31)9-14-37-15-10-29/h1,3-4,18-19,22,24H,2,5-17,21H2,(H,33,34). The number of nitriles is 1. The first-order valence-corrected chi connectivity index (χ1v) is 14.2. The van der Waals surface area contributed by atoms with Gasteiger partial charge < -0.3 is 14.8 Å². The summed E-state index contributed by atoms with van der Waals surface area (Å²) < 4.78 is 11.1. The Morgan fingerprint density at radius 3 is 2.70 bits per heavy atom. The summed E-state index contributed by atoms with van der Waals surface area (Å²) in [4.78, 5) is 12.1. The zero-order chi connectivity index (χ0) is 25.5. The van der Waals surface area contributed by atoms with Crippen LogP contribution in [0.5, 0.6) is 0 Å². The minimum atomic E-state index is -0.405. The molecule has 1 N–H and O–H groups in total. The third-order valence-electron chi connectivity index (χ3n) is 8.32. The van der Waals surface area contributed by atoms with Gasteiger partial charge in [-0.15, -0.1) is 0 Å². The van der Waals surface area contributed by atoms with Gasteiger partial charge in [0.15, 0.2) is 0 Å². The summed E-state index contributed by atoms with van der Waals surface area (Å²) >= 11 is 6.59. The summed E-state index contributed by atoms with van der Waals surface area (Å²) in [5, 5.41) is 13.7. The van der Waals surface area contributed by atoms with E-state index in [1.807, 2.05) is 18.2 Å². The maximum Gasteiger partial charge on any atom is 0.126 e. The average Bonchev–Trinajstić information content (AvgIpc) is 3.24. The van der Waals surface area contributed by atoms with E-state index in [-0.39, 0.29) is 0 Å². The van der Waals surface area contributed by atoms with E-state index in [9.17, 15) is 5.26 Å². The minimum absolute atomic E-state index is 0.405. The van der Waals surface area contributed by atoms with Crippen molar-refractivity contribution >= 4 is 17.4 Å². The summed E-state index contributed by atoms with van der Waals surface area (Å²) in [6.07, 6.45) is 10.4. The van der Waals surface area contributed by atoms with Gasteiger partial charge in [-0.2, -0.15) is 5.26 Å². The monoisotopic (exact) mass is 523 g/mol. The van der Waals surface area contributed by atoms with Crippen LogP contribution in [0.3, 0.4) is 0 Å². The third kappa shape index (κ3) is 6.80. The fourth-order valence-corrected chi connectivity index (χ4v) is 6.16. The fourth-order valence-electron chi connectivity index (χ4n) is 5.96. The van der Waals surface area contributed by atoms with Gasteiger partial charge in [0.05, 0.1) is 28.8 Å². The normalized spacial score (nSPS) is 24.6. The van der Waals surface area contributed by atoms with E-state index in [4.69, 9.17) is 26.1 Å². The molecule has 4 heterocycles. The van der Waals surface area contributed by atoms with Crippen LogP contribution in [0.4, 0.5) is 5.82 Å². The predicted molar refractivity (Wildman–Crippen MR) is 146 cm³/mol. The Kier molecular flexibility index (Phi) is 8.93. The third-order valence-corrected chi connectivity index (χ3v) is 8.62. The lowest BCUT2D eigenvalue weighted by Gasteiger charge is -2.36. The summed E-state index contributed by atoms with van der Waals surface area (Å²) in [6.45, 7) is 5.84. The Hall–Kier alpha value is -2.24. The topological polar surface area (TPSA) is 83.3 Å². The van der Waals surface area contributed by atoms with Crippen LogP contribution in [0, 0.1) is 22.7 Å². The molecule has 8 heteroatoms. The first-order chi connectivity index (χ1) is 18.1. The Morgan fingerprint density at radius 1 is 1.08 bits per heavy atom. The number of halogens is 1. The van der Waals surface area contributed by atoms with E-state index < -0.39 is 5.41 Å². The van der Waals surface area contributed by atoms with Crippen molar-refractivity contribution in [3.63, 3.8) is 0 Å². The lowest BCUT2D eigenvalue weighted by Crippen LogP contribution is -2.39. The smallest absolute Gasteiger partial charge is 0.126 e. The molecule has 0 amide bonds. The quantitative estimate of drug-likeness (QED) is 0.523. The molecule has 7 nitrogen and oxygen atoms in total. The lowest BCUT2D eigenvalue weighted by atomic mass is 9.82. The highest BCUT2D eigenvalue weighted by molar-refractivity contribution is 6.33. The molecular formula is C29H38ClN5O2. The van der Waals surface area contributed by atoms with E-state index in [0.29, 0.717) is 36.7 Å². The Balaban J connectivity index is 1.21. The number of nitrogens with one attached hydrogen (secondary N) is 1. The average molecular weight is 524 g/mol. The fraction of sp³-hybridized carbons (Fsp3) is 0.621. The molecule has 198 valence electrons. The van der Waals surface area contributed by atoms with Gasteiger partial charge in [-0.1, -0.05) is 17.7 Å². The van der Waals surface area contributed by atoms with Gasteiger partial charge in [-0.05, 0) is 75.5 Å². The maximum atomic E-state index is 9.75. The molecule has 1 saturated carbocycles. The van der Waals surface area contributed by atoms with Gasteiger partial charge >= 0.3 is 0 Å². The van der Waals surface area contributed by atoms with Crippen molar-refractivity contribution in [2.45, 2.75) is 57.4 Å². The molecule has 0 atom stereocenters. The number of anilines is 1. The zero-order valence-corrected chi connectivity index (χ0v) is 22.4. The number of ether oxygens (including phenoxy) is 2. The summed E-state index contributed by atoms with van der Waals surface area (Å²) in [5.41, 5.74) is 2.41. The van der Waals surface area contributed by atoms with Crippen LogP contribution in [0.15, 0.2) is 30.5 Å². The van der Waals surface area contributed by atoms with Crippen LogP contribution in [-0.2, 0) is 15.9 Å². The van der Waals surface area contributed by atoms with E-state index in [0.717, 1.165) is 68.2 Å². The van der Waals surface area contributed by atoms with Crippen molar-refractivity contribution in [3.05, 3.63) is 41.2 Å². The van der Waals surface area contributed by atoms with Gasteiger partial charge in [0, 0.05) is 63.0 Å². The van der Waals surface area contributed by atoms with Crippen molar-refractivity contribution in [2.24, 2.45) is 11.3 Å². The van der Waals surface area contributed by atoms with Crippen molar-refractivity contribution in [2.75, 3.05) is 51.4 Å². The molecule has 2 aromatic rings. The summed E-state index contributed by atoms with van der Waals surface area (Å²) in [7, 11) is 0. The highest BCUT2D eigenvalue weighted by atomic mass is 35.5. The highest BCUT2D eigenvalue weighted by Crippen LogP contribution is 2.33. The molecule has 2 saturated heterocycles. The molecule has 2 aromatic heterocycles. The molecule has 0 radical (unpaired) electrons. The van der Waals surface area contributed by atoms with Crippen molar-refractivity contribution < 1.29 is 9.47 Å². The van der Waals surface area contributed by atoms with Crippen LogP contribution < -0.4 is 5.32 Å². The molecule has 0 unspecified atom stereocenters. The largest absolute Gasteiger partial charge is 0.381 e. The zero-order valence-electron chi connectivity index (χ0n) is 21.6. The first kappa shape index (κ1) is 26.4. The summed E-state index contributed by atoms with van der Waals surface area (Å²) in [5.74, 6) is 1.41. The van der Waals surface area contributed by atoms with Crippen LogP contribution in [0.25, 0.3) is 11.3 Å². The van der Waals surface area contributed by atoms with Gasteiger partial charge in [0.2, 0.25) is 0 Å². The molecule has 5 rings (SSSR count). The molecule has 3 aliphatic rings. The maximum absolute atomic E-state index is 9.75. The van der Waals surface area contributed by atoms with E-state index in [1.165, 1.54) is 32.2 Å². The van der Waals surface area contributed by atoms with Gasteiger partial charge in [0.1, 0.15) is 5.82 Å². The molecule has 3 fully saturated rings. The van der Waals surface area contributed by atoms with Crippen LogP contribution in [0.1, 0.15) is 50.6 Å². The van der Waals surface area contributed by atoms with E-state index in [1.54, 1.807) is 6.20 Å². The number of nitrogens with zero attached hydrogens (tertiary/aromatic N) is 4. The van der Waals surface area contributed by atoms with Gasteiger partial charge in [0.25, 0.3) is 0 Å². The minimum Gasteiger partial charge on any atom is -0.381 e. The summed E-state index contributed by atoms with van der Waals surface area (Å²) in [6, 6.07) is 11.2. The highest BCUT2D eigenvalue weighted by Gasteiger charge is 2.32. The Morgan fingerprint density at radius 2 is 1.89 bits per heavy atom. The SMILES string of the molecule is N#CC1(CNc2cccc(-c3cc(CC4CCC(N5CCCOCC5)CC4)ncc3Cl)n2)CCOCC1. The number of hydrogen-bond acceptors (Lipinski definition) is 7. The number of rotatable bonds is 7. The lowest BCUT2D eigenvalue weighted by molar-refractivity contribution is 0.0455. The second kappa shape index (κ2) is 12.5. The molecule has 37 heavy (non-hydrogen) atoms. The van der Waals surface area contributed by atoms with E-state index >= 15 is 0 Å². The Labute approximate surface area is 225 Å². The molecule has 0 aromatic carbocycles. The second-order valence-corrected chi connectivity index (χ2v) is 11.2. The first-order valence-electron chi connectivity index (χ1n) is 13.8. The van der Waals surface area contributed by atoms with Crippen molar-refractivity contribution in [3.8, 4) is 17.3 Å². The van der Waals surface area contributed by atoms with E-state index in [2.05, 4.69) is 27.3 Å².